The van der Waals surface area contributed by atoms with Gasteiger partial charge in [0.2, 0.25) is 5.78 Å². The van der Waals surface area contributed by atoms with Gasteiger partial charge in [-0.15, -0.1) is 11.3 Å². The van der Waals surface area contributed by atoms with E-state index in [1.165, 1.54) is 23.0 Å². The average molecular weight is 806 g/mol. The topological polar surface area (TPSA) is 123 Å². The van der Waals surface area contributed by atoms with Gasteiger partial charge in [0.25, 0.3) is 15.9 Å². The number of carbonyl (C=O) groups excluding carboxylic acids is 2. The fourth-order valence-electron chi connectivity index (χ4n) is 7.44. The normalized spacial score (nSPS) is 14.9. The number of aryl methyl sites for hydroxylation is 1. The number of rotatable bonds is 13. The van der Waals surface area contributed by atoms with Crippen LogP contribution in [0.15, 0.2) is 107 Å². The standard InChI is InChI=1S/C45H47N3O7S2/c1-30-27-36(15-16-39(30)46-29-32-19-24-55-25-20-32)57(51,52)47-45(50)33-11-13-35(14-12-33)48-22-17-31(18-23-48)28-34-7-4-5-8-37(34)38-21-26-56-44(38)43(49)42-40(53-2)9-6-10-41(42)54-3/h4-16,21,26-28,32,46H,17-20,22-25,29H2,1-3H3,(H,47,50). The fraction of sp³-hybridized carbons (Fsp3) is 0.289. The zero-order valence-corrected chi connectivity index (χ0v) is 34.0. The highest BCUT2D eigenvalue weighted by molar-refractivity contribution is 7.90. The Morgan fingerprint density at radius 1 is 0.877 bits per heavy atom. The summed E-state index contributed by atoms with van der Waals surface area (Å²) >= 11 is 1.40. The molecular formula is C45H47N3O7S2. The maximum absolute atomic E-state index is 14.0. The van der Waals surface area contributed by atoms with Gasteiger partial charge in [0.05, 0.1) is 24.0 Å². The number of carbonyl (C=O) groups is 2. The zero-order valence-electron chi connectivity index (χ0n) is 32.4. The highest BCUT2D eigenvalue weighted by Crippen LogP contribution is 2.38. The number of methoxy groups -OCH3 is 2. The van der Waals surface area contributed by atoms with Crippen LogP contribution in [-0.4, -0.2) is 67.2 Å². The lowest BCUT2D eigenvalue weighted by atomic mass is 9.93. The quantitative estimate of drug-likeness (QED) is 0.113. The van der Waals surface area contributed by atoms with E-state index in [0.29, 0.717) is 27.9 Å². The number of thiophene rings is 1. The SMILES string of the molecule is COc1cccc(OC)c1C(=O)c1sccc1-c1ccccc1C=C1CCN(c2ccc(C(=O)NS(=O)(=O)c3ccc(NCC4CCOCC4)c(C)c3)cc2)CC1. The van der Waals surface area contributed by atoms with Gasteiger partial charge in [0, 0.05) is 55.3 Å². The Hall–Kier alpha value is -5.43. The van der Waals surface area contributed by atoms with E-state index in [2.05, 4.69) is 27.1 Å². The molecule has 0 bridgehead atoms. The van der Waals surface area contributed by atoms with Gasteiger partial charge >= 0.3 is 0 Å². The van der Waals surface area contributed by atoms with Gasteiger partial charge in [-0.05, 0) is 121 Å². The number of ketones is 1. The minimum Gasteiger partial charge on any atom is -0.496 e. The minimum atomic E-state index is -4.07. The number of hydrogen-bond acceptors (Lipinski definition) is 10. The molecule has 3 heterocycles. The van der Waals surface area contributed by atoms with Crippen molar-refractivity contribution in [3.63, 3.8) is 0 Å². The highest BCUT2D eigenvalue weighted by Gasteiger charge is 2.25. The minimum absolute atomic E-state index is 0.0409. The van der Waals surface area contributed by atoms with Crippen molar-refractivity contribution in [2.24, 2.45) is 5.92 Å². The molecule has 0 saturated carbocycles. The van der Waals surface area contributed by atoms with Gasteiger partial charge in [0.15, 0.2) is 0 Å². The van der Waals surface area contributed by atoms with E-state index in [1.807, 2.05) is 48.7 Å². The molecule has 0 aliphatic carbocycles. The van der Waals surface area contributed by atoms with Crippen molar-refractivity contribution in [2.45, 2.75) is 37.5 Å². The largest absolute Gasteiger partial charge is 0.496 e. The molecule has 0 spiro atoms. The summed E-state index contributed by atoms with van der Waals surface area (Å²) in [5.41, 5.74) is 7.47. The predicted octanol–water partition coefficient (Wildman–Crippen LogP) is 8.61. The molecule has 7 rings (SSSR count). The molecule has 10 nitrogen and oxygen atoms in total. The van der Waals surface area contributed by atoms with Crippen molar-refractivity contribution in [1.82, 2.24) is 4.72 Å². The Morgan fingerprint density at radius 2 is 1.58 bits per heavy atom. The van der Waals surface area contributed by atoms with Crippen molar-refractivity contribution in [3.05, 3.63) is 129 Å². The molecule has 0 radical (unpaired) electrons. The molecule has 0 atom stereocenters. The zero-order chi connectivity index (χ0) is 39.9. The van der Waals surface area contributed by atoms with E-state index in [-0.39, 0.29) is 16.2 Å². The summed E-state index contributed by atoms with van der Waals surface area (Å²) in [6.07, 6.45) is 5.92. The van der Waals surface area contributed by atoms with E-state index in [9.17, 15) is 18.0 Å². The molecule has 2 aliphatic heterocycles. The van der Waals surface area contributed by atoms with Crippen molar-refractivity contribution in [1.29, 1.82) is 0 Å². The lowest BCUT2D eigenvalue weighted by Crippen LogP contribution is -2.31. The molecule has 2 N–H and O–H groups in total. The van der Waals surface area contributed by atoms with Crippen LogP contribution in [0.4, 0.5) is 11.4 Å². The first-order chi connectivity index (χ1) is 27.6. The number of nitrogens with zero attached hydrogens (tertiary/aromatic N) is 1. The second-order valence-corrected chi connectivity index (χ2v) is 16.9. The predicted molar refractivity (Wildman–Crippen MR) is 226 cm³/mol. The summed E-state index contributed by atoms with van der Waals surface area (Å²) in [6, 6.07) is 27.4. The number of ether oxygens (including phenoxy) is 3. The second kappa shape index (κ2) is 17.8. The van der Waals surface area contributed by atoms with E-state index >= 15 is 0 Å². The average Bonchev–Trinajstić information content (AvgIpc) is 3.73. The summed E-state index contributed by atoms with van der Waals surface area (Å²) in [6.45, 7) is 5.76. The van der Waals surface area contributed by atoms with Crippen LogP contribution in [-0.2, 0) is 14.8 Å². The van der Waals surface area contributed by atoms with E-state index < -0.39 is 15.9 Å². The molecule has 0 unspecified atom stereocenters. The van der Waals surface area contributed by atoms with Crippen LogP contribution in [0, 0.1) is 12.8 Å². The Bertz CT molecular complexity index is 2350. The highest BCUT2D eigenvalue weighted by atomic mass is 32.2. The summed E-state index contributed by atoms with van der Waals surface area (Å²) in [5, 5.41) is 5.37. The van der Waals surface area contributed by atoms with Gasteiger partial charge < -0.3 is 24.4 Å². The van der Waals surface area contributed by atoms with Gasteiger partial charge in [-0.25, -0.2) is 13.1 Å². The number of benzene rings is 4. The lowest BCUT2D eigenvalue weighted by molar-refractivity contribution is 0.0699. The first kappa shape index (κ1) is 39.8. The third-order valence-corrected chi connectivity index (χ3v) is 12.9. The molecule has 2 saturated heterocycles. The molecule has 1 amide bonds. The van der Waals surface area contributed by atoms with E-state index in [4.69, 9.17) is 14.2 Å². The van der Waals surface area contributed by atoms with Crippen LogP contribution < -0.4 is 24.4 Å². The van der Waals surface area contributed by atoms with Gasteiger partial charge in [0.1, 0.15) is 17.1 Å². The first-order valence-electron chi connectivity index (χ1n) is 19.1. The van der Waals surface area contributed by atoms with Crippen LogP contribution >= 0.6 is 11.3 Å². The summed E-state index contributed by atoms with van der Waals surface area (Å²) in [4.78, 5) is 30.0. The van der Waals surface area contributed by atoms with Crippen molar-refractivity contribution in [3.8, 4) is 22.6 Å². The van der Waals surface area contributed by atoms with Crippen molar-refractivity contribution < 1.29 is 32.2 Å². The number of nitrogens with one attached hydrogen (secondary N) is 2. The molecule has 4 aromatic carbocycles. The number of amides is 1. The molecule has 12 heteroatoms. The molecule has 296 valence electrons. The number of hydrogen-bond donors (Lipinski definition) is 2. The molecule has 57 heavy (non-hydrogen) atoms. The molecule has 2 fully saturated rings. The van der Waals surface area contributed by atoms with Gasteiger partial charge in [-0.3, -0.25) is 9.59 Å². The summed E-state index contributed by atoms with van der Waals surface area (Å²) in [7, 11) is -0.978. The smallest absolute Gasteiger partial charge is 0.264 e. The van der Waals surface area contributed by atoms with Crippen molar-refractivity contribution >= 4 is 50.5 Å². The monoisotopic (exact) mass is 805 g/mol. The van der Waals surface area contributed by atoms with Crippen LogP contribution in [0.1, 0.15) is 62.4 Å². The Balaban J connectivity index is 0.977. The molecule has 5 aromatic rings. The fourth-order valence-corrected chi connectivity index (χ4v) is 9.35. The van der Waals surface area contributed by atoms with Gasteiger partial charge in [-0.1, -0.05) is 42.0 Å². The molecule has 1 aromatic heterocycles. The van der Waals surface area contributed by atoms with Crippen LogP contribution in [0.2, 0.25) is 0 Å². The third-order valence-electron chi connectivity index (χ3n) is 10.7. The first-order valence-corrected chi connectivity index (χ1v) is 21.5. The van der Waals surface area contributed by atoms with Crippen LogP contribution in [0.25, 0.3) is 17.2 Å². The molecule has 2 aliphatic rings. The third kappa shape index (κ3) is 9.09. The summed E-state index contributed by atoms with van der Waals surface area (Å²) in [5.74, 6) is 0.626. The number of sulfonamides is 1. The summed E-state index contributed by atoms with van der Waals surface area (Å²) < 4.78 is 45.1. The van der Waals surface area contributed by atoms with Crippen LogP contribution in [0.5, 0.6) is 11.5 Å². The van der Waals surface area contributed by atoms with E-state index in [0.717, 1.165) is 92.2 Å². The van der Waals surface area contributed by atoms with Gasteiger partial charge in [-0.2, -0.15) is 0 Å². The Labute approximate surface area is 338 Å². The molecular weight excluding hydrogens is 759 g/mol. The van der Waals surface area contributed by atoms with E-state index in [1.54, 1.807) is 56.7 Å². The Morgan fingerprint density at radius 3 is 2.26 bits per heavy atom. The van der Waals surface area contributed by atoms with Crippen LogP contribution in [0.3, 0.4) is 0 Å². The maximum Gasteiger partial charge on any atom is 0.264 e. The number of piperidine rings is 1. The lowest BCUT2D eigenvalue weighted by Gasteiger charge is -2.30. The maximum atomic E-state index is 14.0. The number of anilines is 2. The second-order valence-electron chi connectivity index (χ2n) is 14.3. The van der Waals surface area contributed by atoms with Crippen molar-refractivity contribution in [2.75, 3.05) is 57.3 Å². The Kier molecular flexibility index (Phi) is 12.4.